The van der Waals surface area contributed by atoms with E-state index < -0.39 is 11.5 Å². The first-order chi connectivity index (χ1) is 18.2. The lowest BCUT2D eigenvalue weighted by molar-refractivity contribution is -0.159. The maximum absolute atomic E-state index is 14.3. The molecular formula is C34H44O4. The second kappa shape index (κ2) is 9.47. The molecule has 1 aromatic carbocycles. The van der Waals surface area contributed by atoms with E-state index in [0.717, 1.165) is 57.1 Å². The van der Waals surface area contributed by atoms with Crippen LogP contribution in [0, 0.1) is 34.0 Å². The van der Waals surface area contributed by atoms with E-state index in [1.165, 1.54) is 29.5 Å². The van der Waals surface area contributed by atoms with Crippen LogP contribution in [-0.2, 0) is 22.4 Å². The number of aliphatic hydroxyl groups is 1. The maximum Gasteiger partial charge on any atom is 0.178 e. The third kappa shape index (κ3) is 3.73. The first-order valence-electron chi connectivity index (χ1n) is 15.1. The van der Waals surface area contributed by atoms with Gasteiger partial charge in [-0.25, -0.2) is 0 Å². The number of benzene rings is 1. The quantitative estimate of drug-likeness (QED) is 0.464. The van der Waals surface area contributed by atoms with E-state index in [2.05, 4.69) is 39.0 Å². The number of aryl methyl sites for hydroxylation is 1. The van der Waals surface area contributed by atoms with E-state index >= 15 is 0 Å². The molecule has 0 radical (unpaired) electrons. The number of ether oxygens (including phenoxy) is 1. The largest absolute Gasteiger partial charge is 0.486 e. The van der Waals surface area contributed by atoms with E-state index in [9.17, 15) is 14.7 Å². The normalized spacial score (nSPS) is 39.5. The van der Waals surface area contributed by atoms with Crippen LogP contribution in [0.1, 0.15) is 89.7 Å². The molecule has 5 aliphatic carbocycles. The van der Waals surface area contributed by atoms with E-state index in [-0.39, 0.29) is 34.9 Å². The van der Waals surface area contributed by atoms with Gasteiger partial charge >= 0.3 is 0 Å². The average Bonchev–Trinajstić information content (AvgIpc) is 3.20. The SMILES string of the molecule is CCCC1(C(=O)COc2cccc3c2CCCC3)CCC2C3CCC4=CC(=O)C=CC4(C)C3C(O)C[C@@]21C. The van der Waals surface area contributed by atoms with Crippen molar-refractivity contribution in [3.63, 3.8) is 0 Å². The molecule has 0 spiro atoms. The summed E-state index contributed by atoms with van der Waals surface area (Å²) in [4.78, 5) is 26.4. The van der Waals surface area contributed by atoms with Crippen molar-refractivity contribution in [3.05, 3.63) is 53.1 Å². The Morgan fingerprint density at radius 3 is 2.76 bits per heavy atom. The van der Waals surface area contributed by atoms with E-state index in [4.69, 9.17) is 4.74 Å². The molecule has 4 nitrogen and oxygen atoms in total. The maximum atomic E-state index is 14.3. The third-order valence-corrected chi connectivity index (χ3v) is 11.8. The van der Waals surface area contributed by atoms with Crippen molar-refractivity contribution in [2.24, 2.45) is 34.0 Å². The fourth-order valence-corrected chi connectivity index (χ4v) is 10.0. The van der Waals surface area contributed by atoms with Gasteiger partial charge in [-0.05, 0) is 111 Å². The molecule has 6 rings (SSSR count). The molecule has 0 saturated heterocycles. The average molecular weight is 517 g/mol. The summed E-state index contributed by atoms with van der Waals surface area (Å²) in [6, 6.07) is 6.30. The monoisotopic (exact) mass is 516 g/mol. The molecule has 1 N–H and O–H groups in total. The topological polar surface area (TPSA) is 63.6 Å². The second-order valence-corrected chi connectivity index (χ2v) is 13.4. The van der Waals surface area contributed by atoms with E-state index in [1.54, 1.807) is 6.08 Å². The van der Waals surface area contributed by atoms with Crippen molar-refractivity contribution in [2.75, 3.05) is 6.61 Å². The smallest absolute Gasteiger partial charge is 0.178 e. The number of rotatable bonds is 6. The molecule has 0 bridgehead atoms. The number of ketones is 2. The number of aliphatic hydroxyl groups excluding tert-OH is 1. The van der Waals surface area contributed by atoms with Gasteiger partial charge in [-0.3, -0.25) is 9.59 Å². The molecule has 3 fully saturated rings. The molecule has 5 aliphatic rings. The number of hydrogen-bond donors (Lipinski definition) is 1. The molecule has 6 unspecified atom stereocenters. The summed E-state index contributed by atoms with van der Waals surface area (Å²) in [5.41, 5.74) is 2.88. The summed E-state index contributed by atoms with van der Waals surface area (Å²) < 4.78 is 6.34. The minimum absolute atomic E-state index is 0.0687. The van der Waals surface area contributed by atoms with Crippen LogP contribution in [0.2, 0.25) is 0 Å². The van der Waals surface area contributed by atoms with Gasteiger partial charge in [0.25, 0.3) is 0 Å². The van der Waals surface area contributed by atoms with Crippen LogP contribution >= 0.6 is 0 Å². The lowest BCUT2D eigenvalue weighted by Crippen LogP contribution is -2.59. The Morgan fingerprint density at radius 1 is 1.13 bits per heavy atom. The van der Waals surface area contributed by atoms with Gasteiger partial charge in [-0.1, -0.05) is 51.0 Å². The molecule has 7 atom stereocenters. The Morgan fingerprint density at radius 2 is 1.95 bits per heavy atom. The summed E-state index contributed by atoms with van der Waals surface area (Å²) in [7, 11) is 0. The first-order valence-corrected chi connectivity index (χ1v) is 15.1. The molecule has 3 saturated carbocycles. The molecule has 1 aromatic rings. The van der Waals surface area contributed by atoms with Gasteiger partial charge in [0.15, 0.2) is 11.6 Å². The summed E-state index contributed by atoms with van der Waals surface area (Å²) in [5.74, 6) is 2.05. The van der Waals surface area contributed by atoms with Crippen molar-refractivity contribution in [2.45, 2.75) is 97.5 Å². The highest BCUT2D eigenvalue weighted by atomic mass is 16.5. The number of allylic oxidation sites excluding steroid dienone is 4. The van der Waals surface area contributed by atoms with Gasteiger partial charge in [0.05, 0.1) is 6.10 Å². The molecule has 0 aliphatic heterocycles. The Hall–Kier alpha value is -2.20. The van der Waals surface area contributed by atoms with Gasteiger partial charge in [-0.15, -0.1) is 0 Å². The molecule has 4 heteroatoms. The van der Waals surface area contributed by atoms with Crippen LogP contribution in [-0.4, -0.2) is 29.4 Å². The zero-order valence-corrected chi connectivity index (χ0v) is 23.4. The van der Waals surface area contributed by atoms with Gasteiger partial charge in [0.1, 0.15) is 12.4 Å². The summed E-state index contributed by atoms with van der Waals surface area (Å²) in [5, 5.41) is 11.8. The minimum atomic E-state index is -0.489. The molecule has 204 valence electrons. The first kappa shape index (κ1) is 26.0. The zero-order chi connectivity index (χ0) is 26.7. The number of Topliss-reactive ketones (excluding diaryl/α,β-unsaturated/α-hetero) is 1. The molecular weight excluding hydrogens is 472 g/mol. The van der Waals surface area contributed by atoms with Crippen LogP contribution in [0.4, 0.5) is 0 Å². The fourth-order valence-electron chi connectivity index (χ4n) is 10.0. The summed E-state index contributed by atoms with van der Waals surface area (Å²) in [6.45, 7) is 6.84. The Balaban J connectivity index is 1.28. The highest BCUT2D eigenvalue weighted by molar-refractivity contribution is 6.01. The lowest BCUT2D eigenvalue weighted by atomic mass is 9.44. The number of fused-ring (bicyclic) bond motifs is 6. The number of hydrogen-bond acceptors (Lipinski definition) is 4. The van der Waals surface area contributed by atoms with Gasteiger partial charge < -0.3 is 9.84 Å². The Labute approximate surface area is 227 Å². The summed E-state index contributed by atoms with van der Waals surface area (Å²) >= 11 is 0. The molecule has 0 aromatic heterocycles. The van der Waals surface area contributed by atoms with E-state index in [1.807, 2.05) is 12.1 Å². The Kier molecular flexibility index (Phi) is 6.49. The van der Waals surface area contributed by atoms with E-state index in [0.29, 0.717) is 18.3 Å². The van der Waals surface area contributed by atoms with Crippen LogP contribution in [0.25, 0.3) is 0 Å². The van der Waals surface area contributed by atoms with Crippen molar-refractivity contribution < 1.29 is 19.4 Å². The van der Waals surface area contributed by atoms with Crippen molar-refractivity contribution in [1.82, 2.24) is 0 Å². The minimum Gasteiger partial charge on any atom is -0.486 e. The van der Waals surface area contributed by atoms with Crippen LogP contribution in [0.3, 0.4) is 0 Å². The van der Waals surface area contributed by atoms with Crippen LogP contribution < -0.4 is 4.74 Å². The molecule has 38 heavy (non-hydrogen) atoms. The number of carbonyl (C=O) groups excluding carboxylic acids is 2. The highest BCUT2D eigenvalue weighted by Gasteiger charge is 2.67. The lowest BCUT2D eigenvalue weighted by Gasteiger charge is -2.60. The van der Waals surface area contributed by atoms with Gasteiger partial charge in [0.2, 0.25) is 0 Å². The molecule has 0 amide bonds. The van der Waals surface area contributed by atoms with Gasteiger partial charge in [-0.2, -0.15) is 0 Å². The van der Waals surface area contributed by atoms with Crippen LogP contribution in [0.15, 0.2) is 42.0 Å². The van der Waals surface area contributed by atoms with Crippen LogP contribution in [0.5, 0.6) is 5.75 Å². The zero-order valence-electron chi connectivity index (χ0n) is 23.4. The molecule has 0 heterocycles. The highest BCUT2D eigenvalue weighted by Crippen LogP contribution is 2.70. The Bertz CT molecular complexity index is 1190. The van der Waals surface area contributed by atoms with Crippen molar-refractivity contribution >= 4 is 11.6 Å². The predicted octanol–water partition coefficient (Wildman–Crippen LogP) is 6.58. The predicted molar refractivity (Wildman–Crippen MR) is 149 cm³/mol. The fraction of sp³-hybridized carbons (Fsp3) is 0.647. The third-order valence-electron chi connectivity index (χ3n) is 11.8. The van der Waals surface area contributed by atoms with Crippen molar-refractivity contribution in [3.8, 4) is 5.75 Å². The number of carbonyl (C=O) groups is 2. The summed E-state index contributed by atoms with van der Waals surface area (Å²) in [6.07, 6.45) is 15.9. The van der Waals surface area contributed by atoms with Gasteiger partial charge in [0, 0.05) is 16.7 Å². The standard InChI is InChI=1S/C34H44O4/c1-4-16-34(30(37)21-38-29-11-7-9-22-8-5-6-10-25(22)29)18-15-27-26-13-12-23-19-24(35)14-17-32(23,2)31(26)28(36)20-33(27,34)3/h7,9,11,14,17,19,26-28,31,36H,4-6,8,10,12-13,15-16,18,20-21H2,1-3H3/t26?,27?,28?,31?,32?,33-,34?/m0/s1. The second-order valence-electron chi connectivity index (χ2n) is 13.4. The van der Waals surface area contributed by atoms with Crippen molar-refractivity contribution in [1.29, 1.82) is 0 Å².